The fraction of sp³-hybridized carbons (Fsp3) is 0.667. The van der Waals surface area contributed by atoms with Crippen molar-refractivity contribution in [2.75, 3.05) is 0 Å². The average molecular weight is 169 g/mol. The molecule has 0 heterocycles. The van der Waals surface area contributed by atoms with Crippen molar-refractivity contribution in [3.05, 3.63) is 0 Å². The van der Waals surface area contributed by atoms with E-state index in [0.29, 0.717) is 6.92 Å². The van der Waals surface area contributed by atoms with E-state index in [0.717, 1.165) is 0 Å². The molecule has 0 spiro atoms. The zero-order chi connectivity index (χ0) is 8.36. The molecule has 0 fully saturated rings. The molecule has 2 N–H and O–H groups in total. The van der Waals surface area contributed by atoms with E-state index in [9.17, 15) is 13.6 Å². The van der Waals surface area contributed by atoms with E-state index in [2.05, 4.69) is 4.18 Å². The number of hydrogen-bond acceptors (Lipinski definition) is 5. The minimum atomic E-state index is -3.04. The Labute approximate surface area is 58.9 Å². The highest BCUT2D eigenvalue weighted by Gasteiger charge is 2.31. The van der Waals surface area contributed by atoms with Crippen LogP contribution in [0.5, 0.6) is 0 Å². The van der Waals surface area contributed by atoms with Crippen molar-refractivity contribution >= 4 is 17.3 Å². The Hall–Kier alpha value is -0.500. The topological polar surface area (TPSA) is 107 Å². The summed E-state index contributed by atoms with van der Waals surface area (Å²) in [5, 5.41) is 16.6. The minimum absolute atomic E-state index is 0.700. The summed E-state index contributed by atoms with van der Waals surface area (Å²) in [4.78, 5) is 9.91. The van der Waals surface area contributed by atoms with Gasteiger partial charge in [0.25, 0.3) is 5.79 Å². The fourth-order valence-corrected chi connectivity index (χ4v) is 0.504. The number of carboxylic acid groups (broad SMARTS) is 1. The zero-order valence-electron chi connectivity index (χ0n) is 4.94. The molecule has 0 saturated heterocycles. The summed E-state index contributed by atoms with van der Waals surface area (Å²) in [5.74, 6) is -4.44. The summed E-state index contributed by atoms with van der Waals surface area (Å²) in [7, 11) is 0. The van der Waals surface area contributed by atoms with Crippen molar-refractivity contribution in [2.45, 2.75) is 12.7 Å². The summed E-state index contributed by atoms with van der Waals surface area (Å²) in [6.45, 7) is 0.700. The third-order valence-electron chi connectivity index (χ3n) is 0.627. The molecule has 0 amide bonds. The van der Waals surface area contributed by atoms with Crippen molar-refractivity contribution in [1.29, 1.82) is 0 Å². The Balaban J connectivity index is 4.13. The van der Waals surface area contributed by atoms with Crippen LogP contribution in [-0.4, -0.2) is 30.7 Å². The number of carbonyl (C=O) groups is 1. The molecular formula is C3H5O6S-. The average Bonchev–Trinajstić information content (AvgIpc) is 1.60. The molecule has 0 bridgehead atoms. The summed E-state index contributed by atoms with van der Waals surface area (Å²) >= 11 is -3.04. The van der Waals surface area contributed by atoms with E-state index in [1.165, 1.54) is 0 Å². The third-order valence-corrected chi connectivity index (χ3v) is 1.09. The smallest absolute Gasteiger partial charge is 0.364 e. The van der Waals surface area contributed by atoms with Gasteiger partial charge in [0.1, 0.15) is 0 Å². The van der Waals surface area contributed by atoms with Crippen LogP contribution in [0.1, 0.15) is 6.92 Å². The van der Waals surface area contributed by atoms with Crippen molar-refractivity contribution in [3.63, 3.8) is 0 Å². The quantitative estimate of drug-likeness (QED) is 0.397. The van der Waals surface area contributed by atoms with Crippen LogP contribution in [0.4, 0.5) is 0 Å². The Kier molecular flexibility index (Phi) is 2.91. The molecule has 0 aliphatic rings. The predicted molar refractivity (Wildman–Crippen MR) is 28.3 cm³/mol. The van der Waals surface area contributed by atoms with Crippen molar-refractivity contribution in [3.8, 4) is 0 Å². The first-order valence-corrected chi connectivity index (χ1v) is 3.11. The molecule has 6 nitrogen and oxygen atoms in total. The highest BCUT2D eigenvalue weighted by Crippen LogP contribution is 2.05. The maximum Gasteiger partial charge on any atom is 0.364 e. The van der Waals surface area contributed by atoms with Gasteiger partial charge in [-0.05, 0) is 0 Å². The molecular weight excluding hydrogens is 164 g/mol. The van der Waals surface area contributed by atoms with Gasteiger partial charge < -0.3 is 14.8 Å². The lowest BCUT2D eigenvalue weighted by Crippen LogP contribution is -2.38. The lowest BCUT2D eigenvalue weighted by atomic mass is 10.3. The maximum absolute atomic E-state index is 9.91. The van der Waals surface area contributed by atoms with Gasteiger partial charge in [-0.2, -0.15) is 0 Å². The zero-order valence-corrected chi connectivity index (χ0v) is 5.75. The largest absolute Gasteiger partial charge is 0.750 e. The van der Waals surface area contributed by atoms with Crippen LogP contribution in [0.25, 0.3) is 0 Å². The molecule has 60 valence electrons. The van der Waals surface area contributed by atoms with Crippen molar-refractivity contribution in [1.82, 2.24) is 0 Å². The summed E-state index contributed by atoms with van der Waals surface area (Å²) in [6.07, 6.45) is 0. The number of carboxylic acids is 1. The van der Waals surface area contributed by atoms with Crippen LogP contribution in [0, 0.1) is 0 Å². The molecule has 2 atom stereocenters. The molecule has 2 unspecified atom stereocenters. The van der Waals surface area contributed by atoms with E-state index in [1.54, 1.807) is 0 Å². The van der Waals surface area contributed by atoms with Gasteiger partial charge in [-0.3, -0.25) is 4.18 Å². The van der Waals surface area contributed by atoms with E-state index >= 15 is 0 Å². The second-order valence-corrected chi connectivity index (χ2v) is 2.15. The standard InChI is InChI=1S/C3H6O6S/c1-3(6,2(4)5)9-10(7)8/h6H,1H3,(H,4,5)(H,7,8)/p-1. The van der Waals surface area contributed by atoms with Gasteiger partial charge in [0.2, 0.25) is 0 Å². The van der Waals surface area contributed by atoms with E-state index < -0.39 is 23.1 Å². The van der Waals surface area contributed by atoms with Crippen LogP contribution < -0.4 is 0 Å². The van der Waals surface area contributed by atoms with Gasteiger partial charge in [0.15, 0.2) is 0 Å². The van der Waals surface area contributed by atoms with Gasteiger partial charge in [0, 0.05) is 6.92 Å². The molecule has 0 aliphatic carbocycles. The SMILES string of the molecule is CC(O)(OS(=O)[O-])C(=O)O. The Morgan fingerprint density at radius 3 is 2.30 bits per heavy atom. The highest BCUT2D eigenvalue weighted by molar-refractivity contribution is 7.74. The second-order valence-electron chi connectivity index (χ2n) is 1.58. The van der Waals surface area contributed by atoms with Gasteiger partial charge in [0.05, 0.1) is 11.4 Å². The molecule has 10 heavy (non-hydrogen) atoms. The molecule has 0 aromatic rings. The van der Waals surface area contributed by atoms with Crippen LogP contribution >= 0.6 is 0 Å². The molecule has 0 radical (unpaired) electrons. The van der Waals surface area contributed by atoms with E-state index in [4.69, 9.17) is 10.2 Å². The fourth-order valence-electron chi connectivity index (χ4n) is 0.168. The molecule has 0 aromatic carbocycles. The van der Waals surface area contributed by atoms with Crippen LogP contribution in [0.15, 0.2) is 0 Å². The summed E-state index contributed by atoms with van der Waals surface area (Å²) in [5.41, 5.74) is 0. The van der Waals surface area contributed by atoms with Crippen molar-refractivity contribution in [2.24, 2.45) is 0 Å². The molecule has 0 saturated carbocycles. The predicted octanol–water partition coefficient (Wildman–Crippen LogP) is -1.41. The van der Waals surface area contributed by atoms with Crippen LogP contribution in [0.3, 0.4) is 0 Å². The Morgan fingerprint density at radius 2 is 2.20 bits per heavy atom. The summed E-state index contributed by atoms with van der Waals surface area (Å²) in [6, 6.07) is 0. The third kappa shape index (κ3) is 2.87. The van der Waals surface area contributed by atoms with E-state index in [1.807, 2.05) is 0 Å². The lowest BCUT2D eigenvalue weighted by molar-refractivity contribution is -0.187. The summed E-state index contributed by atoms with van der Waals surface area (Å²) < 4.78 is 22.9. The second kappa shape index (κ2) is 3.06. The van der Waals surface area contributed by atoms with E-state index in [-0.39, 0.29) is 0 Å². The Morgan fingerprint density at radius 1 is 1.80 bits per heavy atom. The number of aliphatic hydroxyl groups is 1. The Bertz CT molecular complexity index is 162. The van der Waals surface area contributed by atoms with Gasteiger partial charge >= 0.3 is 5.97 Å². The number of aliphatic carboxylic acids is 1. The first-order chi connectivity index (χ1) is 4.36. The normalized spacial score (nSPS) is 19.5. The maximum atomic E-state index is 9.91. The highest BCUT2D eigenvalue weighted by atomic mass is 32.2. The lowest BCUT2D eigenvalue weighted by Gasteiger charge is -2.18. The molecule has 0 aromatic heterocycles. The van der Waals surface area contributed by atoms with Gasteiger partial charge in [-0.1, -0.05) is 0 Å². The van der Waals surface area contributed by atoms with Crippen LogP contribution in [0.2, 0.25) is 0 Å². The number of hydrogen-bond donors (Lipinski definition) is 2. The molecule has 7 heteroatoms. The first-order valence-electron chi connectivity index (χ1n) is 2.11. The monoisotopic (exact) mass is 169 g/mol. The van der Waals surface area contributed by atoms with Crippen molar-refractivity contribution < 1.29 is 28.0 Å². The van der Waals surface area contributed by atoms with Crippen LogP contribution in [-0.2, 0) is 20.3 Å². The number of rotatable bonds is 3. The minimum Gasteiger partial charge on any atom is -0.750 e. The first kappa shape index (κ1) is 9.50. The van der Waals surface area contributed by atoms with Gasteiger partial charge in [-0.15, -0.1) is 0 Å². The molecule has 0 rings (SSSR count). The van der Waals surface area contributed by atoms with Gasteiger partial charge in [-0.25, -0.2) is 9.00 Å². The molecule has 0 aliphatic heterocycles.